The monoisotopic (exact) mass is 488 g/mol. The van der Waals surface area contributed by atoms with Crippen LogP contribution < -0.4 is 15.4 Å². The number of anilines is 3. The number of nitrogens with one attached hydrogen (secondary N) is 2. The number of thioether (sulfide) groups is 1. The van der Waals surface area contributed by atoms with Gasteiger partial charge in [-0.2, -0.15) is 0 Å². The van der Waals surface area contributed by atoms with Gasteiger partial charge in [-0.25, -0.2) is 0 Å². The lowest BCUT2D eigenvalue weighted by atomic mass is 10.3. The molecule has 1 aromatic heterocycles. The van der Waals surface area contributed by atoms with Crippen LogP contribution in [-0.2, 0) is 4.79 Å². The summed E-state index contributed by atoms with van der Waals surface area (Å²) in [5.41, 5.74) is 1.10. The third kappa shape index (κ3) is 5.67. The Labute approximate surface area is 190 Å². The molecular weight excluding hydrogens is 475 g/mol. The van der Waals surface area contributed by atoms with Gasteiger partial charge in [0.2, 0.25) is 11.0 Å². The minimum atomic E-state index is -0.454. The molecule has 1 atom stereocenters. The largest absolute Gasteiger partial charge is 0.495 e. The van der Waals surface area contributed by atoms with E-state index in [-0.39, 0.29) is 16.0 Å². The summed E-state index contributed by atoms with van der Waals surface area (Å²) in [6.45, 7) is 1.76. The molecule has 0 aliphatic heterocycles. The van der Waals surface area contributed by atoms with Crippen molar-refractivity contribution in [3.63, 3.8) is 0 Å². The fourth-order valence-electron chi connectivity index (χ4n) is 2.26. The molecule has 2 aromatic carbocycles. The van der Waals surface area contributed by atoms with E-state index < -0.39 is 5.25 Å². The summed E-state index contributed by atoms with van der Waals surface area (Å²) in [6, 6.07) is 10.5. The third-order valence-electron chi connectivity index (χ3n) is 3.66. The zero-order chi connectivity index (χ0) is 21.0. The van der Waals surface area contributed by atoms with Crippen LogP contribution >= 0.6 is 57.9 Å². The normalized spacial score (nSPS) is 11.8. The van der Waals surface area contributed by atoms with Gasteiger partial charge < -0.3 is 15.4 Å². The summed E-state index contributed by atoms with van der Waals surface area (Å²) in [7, 11) is 1.60. The van der Waals surface area contributed by atoms with Crippen molar-refractivity contribution in [1.82, 2.24) is 10.2 Å². The van der Waals surface area contributed by atoms with Gasteiger partial charge in [0.1, 0.15) is 5.75 Å². The van der Waals surface area contributed by atoms with Gasteiger partial charge in [0.05, 0.1) is 33.8 Å². The fourth-order valence-corrected chi connectivity index (χ4v) is 5.08. The SMILES string of the molecule is COc1ccccc1Nc1nnc(SC(C)C(=O)Nc2c(Cl)cc(Cl)cc2Cl)s1. The molecule has 0 fully saturated rings. The first kappa shape index (κ1) is 22.0. The summed E-state index contributed by atoms with van der Waals surface area (Å²) in [5, 5.41) is 15.2. The second-order valence-electron chi connectivity index (χ2n) is 5.69. The van der Waals surface area contributed by atoms with Gasteiger partial charge in [-0.15, -0.1) is 10.2 Å². The number of benzene rings is 2. The first-order valence-corrected chi connectivity index (χ1v) is 11.1. The Hall–Kier alpha value is -1.71. The molecule has 0 aliphatic carbocycles. The van der Waals surface area contributed by atoms with Crippen LogP contribution in [0.25, 0.3) is 0 Å². The average Bonchev–Trinajstić information content (AvgIpc) is 3.11. The van der Waals surface area contributed by atoms with Crippen molar-refractivity contribution in [2.45, 2.75) is 16.5 Å². The predicted molar refractivity (Wildman–Crippen MR) is 122 cm³/mol. The number of carbonyl (C=O) groups excluding carboxylic acids is 1. The maximum absolute atomic E-state index is 12.5. The maximum Gasteiger partial charge on any atom is 0.237 e. The highest BCUT2D eigenvalue weighted by Crippen LogP contribution is 2.36. The number of hydrogen-bond acceptors (Lipinski definition) is 7. The van der Waals surface area contributed by atoms with E-state index in [1.165, 1.54) is 35.2 Å². The van der Waals surface area contributed by atoms with Gasteiger partial charge in [0, 0.05) is 5.02 Å². The van der Waals surface area contributed by atoms with Crippen LogP contribution in [0.1, 0.15) is 6.92 Å². The zero-order valence-corrected chi connectivity index (χ0v) is 19.1. The molecule has 3 aromatic rings. The number of para-hydroxylation sites is 2. The molecule has 0 bridgehead atoms. The summed E-state index contributed by atoms with van der Waals surface area (Å²) < 4.78 is 5.95. The number of hydrogen-bond donors (Lipinski definition) is 2. The highest BCUT2D eigenvalue weighted by molar-refractivity contribution is 8.02. The van der Waals surface area contributed by atoms with Gasteiger partial charge in [-0.3, -0.25) is 4.79 Å². The quantitative estimate of drug-likeness (QED) is 0.376. The van der Waals surface area contributed by atoms with Crippen molar-refractivity contribution in [1.29, 1.82) is 0 Å². The molecular formula is C18H15Cl3N4O2S2. The van der Waals surface area contributed by atoms with E-state index in [1.807, 2.05) is 24.3 Å². The highest BCUT2D eigenvalue weighted by Gasteiger charge is 2.20. The number of carbonyl (C=O) groups is 1. The third-order valence-corrected chi connectivity index (χ3v) is 6.49. The Bertz CT molecular complexity index is 1010. The van der Waals surface area contributed by atoms with Gasteiger partial charge in [-0.1, -0.05) is 70.0 Å². The smallest absolute Gasteiger partial charge is 0.237 e. The van der Waals surface area contributed by atoms with Crippen LogP contribution in [0.15, 0.2) is 40.7 Å². The predicted octanol–water partition coefficient (Wildman–Crippen LogP) is 6.37. The summed E-state index contributed by atoms with van der Waals surface area (Å²) in [6.07, 6.45) is 0. The molecule has 11 heteroatoms. The van der Waals surface area contributed by atoms with Crippen LogP contribution in [0.4, 0.5) is 16.5 Å². The minimum absolute atomic E-state index is 0.268. The van der Waals surface area contributed by atoms with Crippen molar-refractivity contribution in [2.24, 2.45) is 0 Å². The highest BCUT2D eigenvalue weighted by atomic mass is 35.5. The van der Waals surface area contributed by atoms with Crippen LogP contribution in [0.5, 0.6) is 5.75 Å². The van der Waals surface area contributed by atoms with Crippen molar-refractivity contribution in [3.8, 4) is 5.75 Å². The second kappa shape index (κ2) is 9.86. The number of methoxy groups -OCH3 is 1. The molecule has 29 heavy (non-hydrogen) atoms. The molecule has 0 radical (unpaired) electrons. The molecule has 0 aliphatic rings. The Morgan fingerprint density at radius 2 is 1.86 bits per heavy atom. The van der Waals surface area contributed by atoms with E-state index >= 15 is 0 Å². The van der Waals surface area contributed by atoms with Gasteiger partial charge in [0.15, 0.2) is 4.34 Å². The van der Waals surface area contributed by atoms with E-state index in [0.29, 0.717) is 25.9 Å². The van der Waals surface area contributed by atoms with E-state index in [0.717, 1.165) is 5.69 Å². The van der Waals surface area contributed by atoms with Gasteiger partial charge in [0.25, 0.3) is 0 Å². The Balaban J connectivity index is 1.64. The lowest BCUT2D eigenvalue weighted by Crippen LogP contribution is -2.22. The molecule has 0 saturated heterocycles. The molecule has 0 spiro atoms. The number of ether oxygens (including phenoxy) is 1. The molecule has 1 heterocycles. The molecule has 1 amide bonds. The van der Waals surface area contributed by atoms with E-state index in [1.54, 1.807) is 14.0 Å². The summed E-state index contributed by atoms with van der Waals surface area (Å²) >= 11 is 20.7. The standard InChI is InChI=1S/C18H15Cl3N4O2S2/c1-9(16(26)23-15-11(20)7-10(19)8-12(15)21)28-18-25-24-17(29-18)22-13-5-3-4-6-14(13)27-2/h3-9H,1-2H3,(H,22,24)(H,23,26). The number of nitrogens with zero attached hydrogens (tertiary/aromatic N) is 2. The van der Waals surface area contributed by atoms with E-state index in [9.17, 15) is 4.79 Å². The first-order chi connectivity index (χ1) is 13.9. The Morgan fingerprint density at radius 3 is 2.55 bits per heavy atom. The second-order valence-corrected chi connectivity index (χ2v) is 9.51. The van der Waals surface area contributed by atoms with Crippen LogP contribution in [-0.4, -0.2) is 28.5 Å². The van der Waals surface area contributed by atoms with Gasteiger partial charge in [-0.05, 0) is 31.2 Å². The van der Waals surface area contributed by atoms with Crippen molar-refractivity contribution >= 4 is 80.3 Å². The number of amides is 1. The molecule has 2 N–H and O–H groups in total. The lowest BCUT2D eigenvalue weighted by Gasteiger charge is -2.13. The topological polar surface area (TPSA) is 76.1 Å². The molecule has 152 valence electrons. The molecule has 1 unspecified atom stereocenters. The molecule has 0 saturated carbocycles. The van der Waals surface area contributed by atoms with E-state index in [2.05, 4.69) is 20.8 Å². The maximum atomic E-state index is 12.5. The van der Waals surface area contributed by atoms with Crippen LogP contribution in [0, 0.1) is 0 Å². The first-order valence-electron chi connectivity index (χ1n) is 8.23. The fraction of sp³-hybridized carbons (Fsp3) is 0.167. The van der Waals surface area contributed by atoms with Crippen molar-refractivity contribution < 1.29 is 9.53 Å². The Morgan fingerprint density at radius 1 is 1.17 bits per heavy atom. The zero-order valence-electron chi connectivity index (χ0n) is 15.2. The van der Waals surface area contributed by atoms with E-state index in [4.69, 9.17) is 39.5 Å². The van der Waals surface area contributed by atoms with Crippen molar-refractivity contribution in [2.75, 3.05) is 17.7 Å². The van der Waals surface area contributed by atoms with Crippen LogP contribution in [0.3, 0.4) is 0 Å². The number of aromatic nitrogens is 2. The number of halogens is 3. The Kier molecular flexibility index (Phi) is 7.48. The number of rotatable bonds is 7. The average molecular weight is 490 g/mol. The minimum Gasteiger partial charge on any atom is -0.495 e. The van der Waals surface area contributed by atoms with Crippen LogP contribution in [0.2, 0.25) is 15.1 Å². The molecule has 3 rings (SSSR count). The summed E-state index contributed by atoms with van der Waals surface area (Å²) in [4.78, 5) is 12.5. The van der Waals surface area contributed by atoms with Gasteiger partial charge >= 0.3 is 0 Å². The molecule has 6 nitrogen and oxygen atoms in total. The lowest BCUT2D eigenvalue weighted by molar-refractivity contribution is -0.115. The summed E-state index contributed by atoms with van der Waals surface area (Å²) in [5.74, 6) is 0.428. The van der Waals surface area contributed by atoms with Crippen molar-refractivity contribution in [3.05, 3.63) is 51.5 Å².